The molecular weight excluding hydrogens is 180 g/mol. The van der Waals surface area contributed by atoms with Gasteiger partial charge in [-0.15, -0.1) is 0 Å². The van der Waals surface area contributed by atoms with Crippen LogP contribution in [0.1, 0.15) is 32.6 Å². The number of hydrogen-bond acceptors (Lipinski definition) is 3. The van der Waals surface area contributed by atoms with Gasteiger partial charge < -0.3 is 10.4 Å². The maximum Gasteiger partial charge on any atom is 0.303 e. The number of carboxylic acid groups (broad SMARTS) is 1. The Kier molecular flexibility index (Phi) is 7.86. The van der Waals surface area contributed by atoms with Gasteiger partial charge in [-0.25, -0.2) is 0 Å². The van der Waals surface area contributed by atoms with Crippen molar-refractivity contribution in [1.29, 1.82) is 5.26 Å². The van der Waals surface area contributed by atoms with Gasteiger partial charge in [-0.1, -0.05) is 6.92 Å². The van der Waals surface area contributed by atoms with Crippen LogP contribution in [0.3, 0.4) is 0 Å². The van der Waals surface area contributed by atoms with Crippen LogP contribution in [-0.4, -0.2) is 24.2 Å². The van der Waals surface area contributed by atoms with Gasteiger partial charge in [0, 0.05) is 19.4 Å². The summed E-state index contributed by atoms with van der Waals surface area (Å²) >= 11 is 0. The molecule has 0 saturated carbocycles. The molecule has 4 nitrogen and oxygen atoms in total. The summed E-state index contributed by atoms with van der Waals surface area (Å²) in [5.74, 6) is -0.296. The van der Waals surface area contributed by atoms with Gasteiger partial charge in [0.25, 0.3) is 0 Å². The van der Waals surface area contributed by atoms with Crippen LogP contribution in [0.25, 0.3) is 0 Å². The lowest BCUT2D eigenvalue weighted by Crippen LogP contribution is -2.18. The first kappa shape index (κ1) is 12.9. The fourth-order valence-corrected chi connectivity index (χ4v) is 1.13. The molecule has 0 heterocycles. The van der Waals surface area contributed by atoms with Crippen LogP contribution in [0.2, 0.25) is 0 Å². The predicted octanol–water partition coefficient (Wildman–Crippen LogP) is 1.38. The molecule has 0 aliphatic heterocycles. The van der Waals surface area contributed by atoms with E-state index in [9.17, 15) is 4.79 Å². The Bertz CT molecular complexity index is 199. The van der Waals surface area contributed by atoms with Crippen molar-refractivity contribution < 1.29 is 9.90 Å². The summed E-state index contributed by atoms with van der Waals surface area (Å²) in [4.78, 5) is 10.3. The zero-order valence-electron chi connectivity index (χ0n) is 8.62. The van der Waals surface area contributed by atoms with Crippen molar-refractivity contribution >= 4 is 5.97 Å². The van der Waals surface area contributed by atoms with Crippen molar-refractivity contribution in [3.05, 3.63) is 0 Å². The summed E-state index contributed by atoms with van der Waals surface area (Å²) in [5, 5.41) is 19.9. The molecule has 0 saturated heterocycles. The first-order valence-corrected chi connectivity index (χ1v) is 4.96. The number of carbonyl (C=O) groups is 1. The molecule has 0 spiro atoms. The second-order valence-corrected chi connectivity index (χ2v) is 3.48. The summed E-state index contributed by atoms with van der Waals surface area (Å²) < 4.78 is 0. The van der Waals surface area contributed by atoms with E-state index in [0.29, 0.717) is 12.3 Å². The first-order chi connectivity index (χ1) is 6.66. The Morgan fingerprint density at radius 3 is 2.79 bits per heavy atom. The summed E-state index contributed by atoms with van der Waals surface area (Å²) in [7, 11) is 0. The standard InChI is InChI=1S/C10H18N2O2/c1-9(3-4-10(13)14)5-8-12-7-2-6-11/h9,12H,2-5,7-8H2,1H3,(H,13,14). The summed E-state index contributed by atoms with van der Waals surface area (Å²) in [6.45, 7) is 3.64. The molecule has 1 unspecified atom stereocenters. The molecule has 0 aliphatic rings. The monoisotopic (exact) mass is 198 g/mol. The maximum atomic E-state index is 10.3. The fourth-order valence-electron chi connectivity index (χ4n) is 1.13. The van der Waals surface area contributed by atoms with Gasteiger partial charge in [-0.2, -0.15) is 5.26 Å². The van der Waals surface area contributed by atoms with Crippen molar-refractivity contribution in [2.75, 3.05) is 13.1 Å². The molecule has 0 aromatic rings. The maximum absolute atomic E-state index is 10.3. The normalized spacial score (nSPS) is 12.0. The van der Waals surface area contributed by atoms with Crippen molar-refractivity contribution in [2.24, 2.45) is 5.92 Å². The second-order valence-electron chi connectivity index (χ2n) is 3.48. The summed E-state index contributed by atoms with van der Waals surface area (Å²) in [6.07, 6.45) is 2.48. The van der Waals surface area contributed by atoms with Gasteiger partial charge in [0.15, 0.2) is 0 Å². The quantitative estimate of drug-likeness (QED) is 0.578. The second kappa shape index (κ2) is 8.52. The van der Waals surface area contributed by atoms with Crippen LogP contribution in [0.4, 0.5) is 0 Å². The molecule has 0 rings (SSSR count). The Labute approximate surface area is 84.9 Å². The van der Waals surface area contributed by atoms with Crippen LogP contribution < -0.4 is 5.32 Å². The van der Waals surface area contributed by atoms with E-state index in [1.165, 1.54) is 0 Å². The lowest BCUT2D eigenvalue weighted by molar-refractivity contribution is -0.137. The summed E-state index contributed by atoms with van der Waals surface area (Å²) in [5.41, 5.74) is 0. The van der Waals surface area contributed by atoms with Crippen LogP contribution in [0.15, 0.2) is 0 Å². The minimum Gasteiger partial charge on any atom is -0.481 e. The lowest BCUT2D eigenvalue weighted by Gasteiger charge is -2.09. The predicted molar refractivity (Wildman–Crippen MR) is 53.8 cm³/mol. The largest absolute Gasteiger partial charge is 0.481 e. The molecule has 0 aromatic carbocycles. The van der Waals surface area contributed by atoms with E-state index in [1.54, 1.807) is 0 Å². The highest BCUT2D eigenvalue weighted by Gasteiger charge is 2.04. The fraction of sp³-hybridized carbons (Fsp3) is 0.800. The van der Waals surface area contributed by atoms with E-state index in [2.05, 4.69) is 18.3 Å². The highest BCUT2D eigenvalue weighted by molar-refractivity contribution is 5.66. The van der Waals surface area contributed by atoms with Gasteiger partial charge in [0.2, 0.25) is 0 Å². The van der Waals surface area contributed by atoms with Crippen LogP contribution in [0.5, 0.6) is 0 Å². The molecule has 80 valence electrons. The summed E-state index contributed by atoms with van der Waals surface area (Å²) in [6, 6.07) is 2.06. The molecular formula is C10H18N2O2. The zero-order valence-corrected chi connectivity index (χ0v) is 8.62. The van der Waals surface area contributed by atoms with Gasteiger partial charge in [-0.05, 0) is 25.3 Å². The van der Waals surface area contributed by atoms with Gasteiger partial charge in [0.1, 0.15) is 0 Å². The number of nitrogens with one attached hydrogen (secondary N) is 1. The first-order valence-electron chi connectivity index (χ1n) is 4.96. The third-order valence-corrected chi connectivity index (χ3v) is 2.08. The molecule has 1 atom stereocenters. The molecule has 0 radical (unpaired) electrons. The highest BCUT2D eigenvalue weighted by Crippen LogP contribution is 2.08. The SMILES string of the molecule is CC(CCNCCC#N)CCC(=O)O. The van der Waals surface area contributed by atoms with Crippen molar-refractivity contribution in [1.82, 2.24) is 5.32 Å². The minimum atomic E-state index is -0.728. The number of aliphatic carboxylic acids is 1. The Morgan fingerprint density at radius 2 is 2.21 bits per heavy atom. The van der Waals surface area contributed by atoms with Gasteiger partial charge >= 0.3 is 5.97 Å². The number of rotatable bonds is 8. The van der Waals surface area contributed by atoms with E-state index in [1.807, 2.05) is 0 Å². The smallest absolute Gasteiger partial charge is 0.303 e. The average molecular weight is 198 g/mol. The van der Waals surface area contributed by atoms with E-state index in [0.717, 1.165) is 25.9 Å². The van der Waals surface area contributed by atoms with Crippen molar-refractivity contribution in [3.8, 4) is 6.07 Å². The zero-order chi connectivity index (χ0) is 10.8. The molecule has 0 amide bonds. The molecule has 2 N–H and O–H groups in total. The van der Waals surface area contributed by atoms with Crippen LogP contribution >= 0.6 is 0 Å². The average Bonchev–Trinajstić information content (AvgIpc) is 2.14. The van der Waals surface area contributed by atoms with Crippen molar-refractivity contribution in [3.63, 3.8) is 0 Å². The molecule has 4 heteroatoms. The lowest BCUT2D eigenvalue weighted by atomic mass is 10.0. The number of nitrogens with zero attached hydrogens (tertiary/aromatic N) is 1. The highest BCUT2D eigenvalue weighted by atomic mass is 16.4. The molecule has 0 bridgehead atoms. The van der Waals surface area contributed by atoms with E-state index in [4.69, 9.17) is 10.4 Å². The Balaban J connectivity index is 3.23. The van der Waals surface area contributed by atoms with E-state index in [-0.39, 0.29) is 6.42 Å². The Morgan fingerprint density at radius 1 is 1.50 bits per heavy atom. The van der Waals surface area contributed by atoms with E-state index >= 15 is 0 Å². The molecule has 0 aliphatic carbocycles. The minimum absolute atomic E-state index is 0.249. The Hall–Kier alpha value is -1.08. The van der Waals surface area contributed by atoms with E-state index < -0.39 is 5.97 Å². The molecule has 0 fully saturated rings. The van der Waals surface area contributed by atoms with Gasteiger partial charge in [0.05, 0.1) is 6.07 Å². The molecule has 14 heavy (non-hydrogen) atoms. The third kappa shape index (κ3) is 9.01. The van der Waals surface area contributed by atoms with Crippen molar-refractivity contribution in [2.45, 2.75) is 32.6 Å². The molecule has 0 aromatic heterocycles. The topological polar surface area (TPSA) is 73.1 Å². The van der Waals surface area contributed by atoms with Crippen LogP contribution in [0, 0.1) is 17.2 Å². The number of hydrogen-bond donors (Lipinski definition) is 2. The van der Waals surface area contributed by atoms with Crippen LogP contribution in [-0.2, 0) is 4.79 Å². The number of carboxylic acids is 1. The van der Waals surface area contributed by atoms with Gasteiger partial charge in [-0.3, -0.25) is 4.79 Å². The number of nitriles is 1. The third-order valence-electron chi connectivity index (χ3n) is 2.08.